The van der Waals surface area contributed by atoms with Crippen LogP contribution in [0.5, 0.6) is 0 Å². The SMILES string of the molecule is O=C(c1cnc(N2CCOC(c3ccco3)C2)c(Cl)c1)N1CCCCC1. The van der Waals surface area contributed by atoms with Crippen LogP contribution in [0.2, 0.25) is 5.02 Å². The number of furan rings is 1. The highest BCUT2D eigenvalue weighted by atomic mass is 35.5. The van der Waals surface area contributed by atoms with E-state index in [0.717, 1.165) is 31.7 Å². The van der Waals surface area contributed by atoms with Gasteiger partial charge in [0.1, 0.15) is 17.7 Å². The predicted octanol–water partition coefficient (Wildman–Crippen LogP) is 3.53. The van der Waals surface area contributed by atoms with E-state index in [1.54, 1.807) is 18.5 Å². The Balaban J connectivity index is 1.49. The molecule has 1 unspecified atom stereocenters. The second-order valence-electron chi connectivity index (χ2n) is 6.70. The molecule has 2 fully saturated rings. The van der Waals surface area contributed by atoms with Crippen LogP contribution >= 0.6 is 11.6 Å². The monoisotopic (exact) mass is 375 g/mol. The van der Waals surface area contributed by atoms with E-state index < -0.39 is 0 Å². The molecule has 4 heterocycles. The summed E-state index contributed by atoms with van der Waals surface area (Å²) in [5.74, 6) is 1.49. The van der Waals surface area contributed by atoms with Gasteiger partial charge in [-0.2, -0.15) is 0 Å². The number of aromatic nitrogens is 1. The summed E-state index contributed by atoms with van der Waals surface area (Å²) in [5, 5.41) is 0.493. The van der Waals surface area contributed by atoms with Crippen molar-refractivity contribution in [3.8, 4) is 0 Å². The minimum atomic E-state index is -0.147. The van der Waals surface area contributed by atoms with Crippen LogP contribution in [0.15, 0.2) is 35.1 Å². The van der Waals surface area contributed by atoms with Crippen LogP contribution in [-0.2, 0) is 4.74 Å². The zero-order valence-corrected chi connectivity index (χ0v) is 15.3. The number of hydrogen-bond acceptors (Lipinski definition) is 5. The van der Waals surface area contributed by atoms with Crippen molar-refractivity contribution in [3.63, 3.8) is 0 Å². The molecule has 4 rings (SSSR count). The summed E-state index contributed by atoms with van der Waals surface area (Å²) < 4.78 is 11.2. The molecule has 0 radical (unpaired) electrons. The van der Waals surface area contributed by atoms with E-state index in [1.165, 1.54) is 6.42 Å². The van der Waals surface area contributed by atoms with Crippen LogP contribution in [0.3, 0.4) is 0 Å². The third-order valence-electron chi connectivity index (χ3n) is 4.94. The van der Waals surface area contributed by atoms with Crippen molar-refractivity contribution in [1.82, 2.24) is 9.88 Å². The van der Waals surface area contributed by atoms with Crippen LogP contribution in [0, 0.1) is 0 Å². The number of pyridine rings is 1. The fourth-order valence-corrected chi connectivity index (χ4v) is 3.83. The molecule has 2 aromatic heterocycles. The summed E-state index contributed by atoms with van der Waals surface area (Å²) in [4.78, 5) is 21.1. The van der Waals surface area contributed by atoms with Crippen LogP contribution < -0.4 is 4.90 Å². The molecule has 0 aromatic carbocycles. The number of rotatable bonds is 3. The second kappa shape index (κ2) is 7.68. The minimum absolute atomic E-state index is 0.0149. The van der Waals surface area contributed by atoms with Crippen LogP contribution in [0.25, 0.3) is 0 Å². The van der Waals surface area contributed by atoms with Gasteiger partial charge in [-0.05, 0) is 37.5 Å². The molecule has 2 aromatic rings. The Morgan fingerprint density at radius 3 is 2.81 bits per heavy atom. The van der Waals surface area contributed by atoms with Gasteiger partial charge in [-0.1, -0.05) is 11.6 Å². The maximum absolute atomic E-state index is 12.6. The molecule has 7 heteroatoms. The van der Waals surface area contributed by atoms with Gasteiger partial charge < -0.3 is 19.0 Å². The summed E-state index contributed by atoms with van der Waals surface area (Å²) in [5.41, 5.74) is 0.552. The van der Waals surface area contributed by atoms with E-state index >= 15 is 0 Å². The van der Waals surface area contributed by atoms with Gasteiger partial charge in [0.05, 0.1) is 30.0 Å². The molecule has 0 spiro atoms. The summed E-state index contributed by atoms with van der Waals surface area (Å²) in [6.07, 6.45) is 6.45. The maximum Gasteiger partial charge on any atom is 0.255 e. The van der Waals surface area contributed by atoms with Crippen LogP contribution in [0.4, 0.5) is 5.82 Å². The van der Waals surface area contributed by atoms with Gasteiger partial charge >= 0.3 is 0 Å². The first-order valence-corrected chi connectivity index (χ1v) is 9.45. The van der Waals surface area contributed by atoms with Gasteiger partial charge in [0, 0.05) is 25.8 Å². The third kappa shape index (κ3) is 3.57. The Hall–Kier alpha value is -2.05. The van der Waals surface area contributed by atoms with Gasteiger partial charge in [0.15, 0.2) is 0 Å². The van der Waals surface area contributed by atoms with Gasteiger partial charge in [-0.15, -0.1) is 0 Å². The van der Waals surface area contributed by atoms with E-state index in [1.807, 2.05) is 17.0 Å². The number of carbonyl (C=O) groups excluding carboxylic acids is 1. The number of morpholine rings is 1. The summed E-state index contributed by atoms with van der Waals surface area (Å²) in [6, 6.07) is 5.49. The van der Waals surface area contributed by atoms with E-state index in [4.69, 9.17) is 20.8 Å². The number of likely N-dealkylation sites (tertiary alicyclic amines) is 1. The van der Waals surface area contributed by atoms with Crippen molar-refractivity contribution in [2.45, 2.75) is 25.4 Å². The Morgan fingerprint density at radius 2 is 2.08 bits per heavy atom. The standard InChI is InChI=1S/C19H22ClN3O3/c20-15-11-14(19(24)22-6-2-1-3-7-22)12-21-18(15)23-8-10-26-17(13-23)16-5-4-9-25-16/h4-5,9,11-12,17H,1-3,6-8,10,13H2. The number of halogens is 1. The smallest absolute Gasteiger partial charge is 0.255 e. The first-order chi connectivity index (χ1) is 12.7. The minimum Gasteiger partial charge on any atom is -0.467 e. The van der Waals surface area contributed by atoms with E-state index in [-0.39, 0.29) is 12.0 Å². The second-order valence-corrected chi connectivity index (χ2v) is 7.11. The van der Waals surface area contributed by atoms with Crippen molar-refractivity contribution in [3.05, 3.63) is 47.0 Å². The first-order valence-electron chi connectivity index (χ1n) is 9.07. The van der Waals surface area contributed by atoms with Crippen molar-refractivity contribution in [2.24, 2.45) is 0 Å². The molecular formula is C19H22ClN3O3. The number of piperidine rings is 1. The van der Waals surface area contributed by atoms with Crippen molar-refractivity contribution in [1.29, 1.82) is 0 Å². The maximum atomic E-state index is 12.6. The topological polar surface area (TPSA) is 58.8 Å². The Bertz CT molecular complexity index is 759. The van der Waals surface area contributed by atoms with Gasteiger partial charge in [-0.3, -0.25) is 4.79 Å². The number of ether oxygens (including phenoxy) is 1. The van der Waals surface area contributed by atoms with Crippen molar-refractivity contribution < 1.29 is 13.9 Å². The number of anilines is 1. The molecule has 6 nitrogen and oxygen atoms in total. The highest BCUT2D eigenvalue weighted by Crippen LogP contribution is 2.30. The lowest BCUT2D eigenvalue weighted by Crippen LogP contribution is -2.39. The molecule has 138 valence electrons. The van der Waals surface area contributed by atoms with E-state index in [2.05, 4.69) is 9.88 Å². The van der Waals surface area contributed by atoms with Gasteiger partial charge in [0.2, 0.25) is 0 Å². The average molecular weight is 376 g/mol. The number of hydrogen-bond donors (Lipinski definition) is 0. The third-order valence-corrected chi connectivity index (χ3v) is 5.22. The van der Waals surface area contributed by atoms with E-state index in [0.29, 0.717) is 36.1 Å². The highest BCUT2D eigenvalue weighted by molar-refractivity contribution is 6.33. The molecule has 0 N–H and O–H groups in total. The molecular weight excluding hydrogens is 354 g/mol. The average Bonchev–Trinajstić information content (AvgIpc) is 3.23. The molecule has 2 aliphatic rings. The quantitative estimate of drug-likeness (QED) is 0.821. The molecule has 2 saturated heterocycles. The molecule has 1 amide bonds. The van der Waals surface area contributed by atoms with E-state index in [9.17, 15) is 4.79 Å². The number of amides is 1. The number of carbonyl (C=O) groups is 1. The lowest BCUT2D eigenvalue weighted by molar-refractivity contribution is 0.0255. The lowest BCUT2D eigenvalue weighted by Gasteiger charge is -2.33. The van der Waals surface area contributed by atoms with Crippen LogP contribution in [0.1, 0.15) is 41.5 Å². The van der Waals surface area contributed by atoms with Gasteiger partial charge in [0.25, 0.3) is 5.91 Å². The summed E-state index contributed by atoms with van der Waals surface area (Å²) >= 11 is 6.48. The van der Waals surface area contributed by atoms with Crippen molar-refractivity contribution >= 4 is 23.3 Å². The largest absolute Gasteiger partial charge is 0.467 e. The molecule has 26 heavy (non-hydrogen) atoms. The summed E-state index contributed by atoms with van der Waals surface area (Å²) in [6.45, 7) is 3.50. The molecule has 1 atom stereocenters. The fourth-order valence-electron chi connectivity index (χ4n) is 3.55. The number of nitrogens with zero attached hydrogens (tertiary/aromatic N) is 3. The predicted molar refractivity (Wildman–Crippen MR) is 98.6 cm³/mol. The van der Waals surface area contributed by atoms with Gasteiger partial charge in [-0.25, -0.2) is 4.98 Å². The fraction of sp³-hybridized carbons (Fsp3) is 0.474. The van der Waals surface area contributed by atoms with Crippen molar-refractivity contribution in [2.75, 3.05) is 37.7 Å². The Morgan fingerprint density at radius 1 is 1.23 bits per heavy atom. The normalized spacial score (nSPS) is 21.0. The molecule has 0 saturated carbocycles. The Kier molecular flexibility index (Phi) is 5.13. The molecule has 2 aliphatic heterocycles. The first kappa shape index (κ1) is 17.4. The molecule has 0 bridgehead atoms. The van der Waals surface area contributed by atoms with Crippen LogP contribution in [-0.4, -0.2) is 48.6 Å². The Labute approximate surface area is 157 Å². The highest BCUT2D eigenvalue weighted by Gasteiger charge is 2.27. The zero-order valence-electron chi connectivity index (χ0n) is 14.6. The summed E-state index contributed by atoms with van der Waals surface area (Å²) in [7, 11) is 0. The zero-order chi connectivity index (χ0) is 17.9. The lowest BCUT2D eigenvalue weighted by atomic mass is 10.1. The molecule has 0 aliphatic carbocycles.